The van der Waals surface area contributed by atoms with Crippen LogP contribution in [0, 0.1) is 0 Å². The smallest absolute Gasteiger partial charge is 0.291 e. The monoisotopic (exact) mass is 431 g/mol. The second-order valence-electron chi connectivity index (χ2n) is 7.41. The summed E-state index contributed by atoms with van der Waals surface area (Å²) in [6.07, 6.45) is 0. The van der Waals surface area contributed by atoms with Gasteiger partial charge >= 0.3 is 0 Å². The van der Waals surface area contributed by atoms with Crippen LogP contribution in [0.2, 0.25) is 5.02 Å². The number of hydrogen-bond donors (Lipinski definition) is 0. The van der Waals surface area contributed by atoms with Gasteiger partial charge in [0, 0.05) is 11.6 Å². The Kier molecular flexibility index (Phi) is 4.75. The number of methoxy groups -OCH3 is 1. The summed E-state index contributed by atoms with van der Waals surface area (Å²) in [6, 6.07) is 21.3. The van der Waals surface area contributed by atoms with Gasteiger partial charge in [-0.2, -0.15) is 0 Å². The lowest BCUT2D eigenvalue weighted by atomic mass is 9.98. The van der Waals surface area contributed by atoms with Crippen molar-refractivity contribution < 1.29 is 13.9 Å². The van der Waals surface area contributed by atoms with E-state index in [0.29, 0.717) is 28.1 Å². The second kappa shape index (κ2) is 7.60. The Morgan fingerprint density at radius 2 is 1.74 bits per heavy atom. The molecule has 0 bridgehead atoms. The Balaban J connectivity index is 1.68. The predicted octanol–water partition coefficient (Wildman–Crippen LogP) is 5.20. The topological polar surface area (TPSA) is 59.8 Å². The van der Waals surface area contributed by atoms with Gasteiger partial charge in [-0.05, 0) is 41.5 Å². The lowest BCUT2D eigenvalue weighted by Gasteiger charge is -2.25. The SMILES string of the molecule is COc1ccc(CN2C(=O)c3oc4ccc(Cl)cc4c(=O)c3C2c2ccccc2)cc1. The molecule has 2 heterocycles. The number of carbonyl (C=O) groups is 1. The number of fused-ring (bicyclic) bond motifs is 2. The maximum atomic E-state index is 13.5. The third-order valence-corrected chi connectivity index (χ3v) is 5.79. The lowest BCUT2D eigenvalue weighted by Crippen LogP contribution is -2.29. The van der Waals surface area contributed by atoms with E-state index in [1.54, 1.807) is 30.2 Å². The van der Waals surface area contributed by atoms with Crippen molar-refractivity contribution in [3.8, 4) is 5.75 Å². The quantitative estimate of drug-likeness (QED) is 0.445. The zero-order chi connectivity index (χ0) is 21.5. The van der Waals surface area contributed by atoms with Crippen LogP contribution in [0.3, 0.4) is 0 Å². The van der Waals surface area contributed by atoms with E-state index in [4.69, 9.17) is 20.8 Å². The number of benzene rings is 3. The first-order valence-corrected chi connectivity index (χ1v) is 10.2. The summed E-state index contributed by atoms with van der Waals surface area (Å²) in [4.78, 5) is 28.6. The van der Waals surface area contributed by atoms with Gasteiger partial charge in [0.1, 0.15) is 11.3 Å². The maximum Gasteiger partial charge on any atom is 0.291 e. The number of rotatable bonds is 4. The largest absolute Gasteiger partial charge is 0.497 e. The minimum Gasteiger partial charge on any atom is -0.497 e. The van der Waals surface area contributed by atoms with E-state index >= 15 is 0 Å². The molecule has 31 heavy (non-hydrogen) atoms. The van der Waals surface area contributed by atoms with E-state index in [1.165, 1.54) is 0 Å². The molecule has 0 saturated carbocycles. The van der Waals surface area contributed by atoms with Crippen molar-refractivity contribution in [1.82, 2.24) is 4.90 Å². The number of hydrogen-bond acceptors (Lipinski definition) is 4. The Hall–Kier alpha value is -3.57. The zero-order valence-corrected chi connectivity index (χ0v) is 17.4. The molecule has 0 spiro atoms. The molecule has 1 unspecified atom stereocenters. The van der Waals surface area contributed by atoms with Gasteiger partial charge in [0.2, 0.25) is 5.76 Å². The van der Waals surface area contributed by atoms with Gasteiger partial charge in [-0.1, -0.05) is 54.1 Å². The molecule has 0 saturated heterocycles. The van der Waals surface area contributed by atoms with E-state index in [1.807, 2.05) is 54.6 Å². The standard InChI is InChI=1S/C25H18ClNO4/c1-30-18-10-7-15(8-11-18)14-27-22(16-5-3-2-4-6-16)21-23(28)19-13-17(26)9-12-20(19)31-24(21)25(27)29/h2-13,22H,14H2,1H3. The summed E-state index contributed by atoms with van der Waals surface area (Å²) in [6.45, 7) is 0.323. The summed E-state index contributed by atoms with van der Waals surface area (Å²) in [5.41, 5.74) is 2.22. The summed E-state index contributed by atoms with van der Waals surface area (Å²) in [5, 5.41) is 0.807. The van der Waals surface area contributed by atoms with E-state index < -0.39 is 6.04 Å². The highest BCUT2D eigenvalue weighted by molar-refractivity contribution is 6.31. The van der Waals surface area contributed by atoms with Gasteiger partial charge in [0.15, 0.2) is 5.43 Å². The molecule has 1 aliphatic heterocycles. The summed E-state index contributed by atoms with van der Waals surface area (Å²) < 4.78 is 11.2. The van der Waals surface area contributed by atoms with Gasteiger partial charge in [-0.3, -0.25) is 9.59 Å². The van der Waals surface area contributed by atoms with Crippen molar-refractivity contribution in [2.24, 2.45) is 0 Å². The molecule has 0 N–H and O–H groups in total. The molecule has 4 aromatic rings. The van der Waals surface area contributed by atoms with Gasteiger partial charge in [-0.25, -0.2) is 0 Å². The van der Waals surface area contributed by atoms with Crippen LogP contribution in [0.25, 0.3) is 11.0 Å². The minimum atomic E-state index is -0.551. The highest BCUT2D eigenvalue weighted by Crippen LogP contribution is 2.39. The molecule has 5 rings (SSSR count). The first kappa shape index (κ1) is 19.4. The number of halogens is 1. The fourth-order valence-electron chi connectivity index (χ4n) is 4.07. The van der Waals surface area contributed by atoms with E-state index in [2.05, 4.69) is 0 Å². The molecule has 1 aromatic heterocycles. The van der Waals surface area contributed by atoms with Crippen molar-refractivity contribution in [2.75, 3.05) is 7.11 Å². The molecule has 1 amide bonds. The predicted molar refractivity (Wildman–Crippen MR) is 119 cm³/mol. The first-order chi connectivity index (χ1) is 15.1. The molecule has 0 fully saturated rings. The van der Waals surface area contributed by atoms with E-state index in [-0.39, 0.29) is 17.1 Å². The second-order valence-corrected chi connectivity index (χ2v) is 7.85. The van der Waals surface area contributed by atoms with Crippen LogP contribution in [0.1, 0.15) is 33.3 Å². The number of carbonyl (C=O) groups excluding carboxylic acids is 1. The van der Waals surface area contributed by atoms with Crippen molar-refractivity contribution in [1.29, 1.82) is 0 Å². The maximum absolute atomic E-state index is 13.5. The first-order valence-electron chi connectivity index (χ1n) is 9.82. The Morgan fingerprint density at radius 3 is 2.45 bits per heavy atom. The van der Waals surface area contributed by atoms with Crippen LogP contribution in [0.15, 0.2) is 82.0 Å². The van der Waals surface area contributed by atoms with E-state index in [0.717, 1.165) is 16.9 Å². The average Bonchev–Trinajstić information content (AvgIpc) is 3.07. The van der Waals surface area contributed by atoms with Crippen LogP contribution in [0.5, 0.6) is 5.75 Å². The molecule has 1 atom stereocenters. The highest BCUT2D eigenvalue weighted by atomic mass is 35.5. The molecule has 0 aliphatic carbocycles. The minimum absolute atomic E-state index is 0.0854. The molecule has 154 valence electrons. The third kappa shape index (κ3) is 3.27. The van der Waals surface area contributed by atoms with Crippen LogP contribution in [-0.4, -0.2) is 17.9 Å². The van der Waals surface area contributed by atoms with Crippen LogP contribution in [0.4, 0.5) is 0 Å². The summed E-state index contributed by atoms with van der Waals surface area (Å²) >= 11 is 6.12. The normalized spacial score (nSPS) is 15.4. The van der Waals surface area contributed by atoms with Gasteiger partial charge in [0.25, 0.3) is 5.91 Å². The van der Waals surface area contributed by atoms with Crippen molar-refractivity contribution in [3.63, 3.8) is 0 Å². The van der Waals surface area contributed by atoms with Crippen molar-refractivity contribution >= 4 is 28.5 Å². The molecular weight excluding hydrogens is 414 g/mol. The molecule has 6 heteroatoms. The molecule has 3 aromatic carbocycles. The van der Waals surface area contributed by atoms with Crippen LogP contribution in [-0.2, 0) is 6.54 Å². The fraction of sp³-hybridized carbons (Fsp3) is 0.120. The van der Waals surface area contributed by atoms with E-state index in [9.17, 15) is 9.59 Å². The fourth-order valence-corrected chi connectivity index (χ4v) is 4.24. The summed E-state index contributed by atoms with van der Waals surface area (Å²) in [5.74, 6) is 0.509. The molecular formula is C25H18ClNO4. The molecule has 5 nitrogen and oxygen atoms in total. The Labute approximate surface area is 183 Å². The Bertz CT molecular complexity index is 1350. The van der Waals surface area contributed by atoms with Crippen LogP contribution < -0.4 is 10.2 Å². The zero-order valence-electron chi connectivity index (χ0n) is 16.7. The number of nitrogens with zero attached hydrogens (tertiary/aromatic N) is 1. The number of ether oxygens (including phenoxy) is 1. The number of amides is 1. The van der Waals surface area contributed by atoms with Gasteiger partial charge < -0.3 is 14.1 Å². The van der Waals surface area contributed by atoms with Crippen molar-refractivity contribution in [3.05, 3.63) is 110 Å². The highest BCUT2D eigenvalue weighted by Gasteiger charge is 2.42. The van der Waals surface area contributed by atoms with Gasteiger partial charge in [0.05, 0.1) is 24.1 Å². The Morgan fingerprint density at radius 1 is 1.00 bits per heavy atom. The van der Waals surface area contributed by atoms with Crippen molar-refractivity contribution in [2.45, 2.75) is 12.6 Å². The molecule has 0 radical (unpaired) electrons. The summed E-state index contributed by atoms with van der Waals surface area (Å²) in [7, 11) is 1.61. The molecule has 1 aliphatic rings. The van der Waals surface area contributed by atoms with Gasteiger partial charge in [-0.15, -0.1) is 0 Å². The average molecular weight is 432 g/mol. The third-order valence-electron chi connectivity index (χ3n) is 5.56. The van der Waals surface area contributed by atoms with Crippen LogP contribution >= 0.6 is 11.6 Å². The lowest BCUT2D eigenvalue weighted by molar-refractivity contribution is 0.0714.